The van der Waals surface area contributed by atoms with Gasteiger partial charge in [-0.15, -0.1) is 0 Å². The monoisotopic (exact) mass is 182 g/mol. The average molecular weight is 182 g/mol. The smallest absolute Gasteiger partial charge is 0.0795 e. The maximum atomic E-state index is 9.53. The van der Waals surface area contributed by atoms with E-state index in [-0.39, 0.29) is 5.41 Å². The van der Waals surface area contributed by atoms with Gasteiger partial charge in [0.2, 0.25) is 0 Å². The van der Waals surface area contributed by atoms with Gasteiger partial charge in [0.15, 0.2) is 0 Å². The van der Waals surface area contributed by atoms with Crippen molar-refractivity contribution < 1.29 is 5.11 Å². The molecule has 0 aliphatic rings. The second-order valence-corrected chi connectivity index (χ2v) is 4.53. The number of rotatable bonds is 1. The Labute approximate surface area is 79.4 Å². The molecule has 1 aromatic heterocycles. The molecule has 0 aliphatic carbocycles. The zero-order valence-electron chi connectivity index (χ0n) is 9.00. The van der Waals surface area contributed by atoms with Crippen molar-refractivity contribution in [2.75, 3.05) is 0 Å². The summed E-state index contributed by atoms with van der Waals surface area (Å²) in [6.07, 6.45) is 1.44. The van der Waals surface area contributed by atoms with Gasteiger partial charge >= 0.3 is 0 Å². The third-order valence-electron chi connectivity index (χ3n) is 2.02. The molecule has 1 heterocycles. The van der Waals surface area contributed by atoms with Gasteiger partial charge in [0.1, 0.15) is 0 Å². The summed E-state index contributed by atoms with van der Waals surface area (Å²) >= 11 is 0. The molecule has 1 N–H and O–H groups in total. The Morgan fingerprint density at radius 3 is 2.31 bits per heavy atom. The van der Waals surface area contributed by atoms with Crippen LogP contribution >= 0.6 is 0 Å². The minimum Gasteiger partial charge on any atom is -0.389 e. The van der Waals surface area contributed by atoms with E-state index in [0.29, 0.717) is 0 Å². The zero-order valence-corrected chi connectivity index (χ0v) is 9.00. The molecule has 0 aromatic carbocycles. The van der Waals surface area contributed by atoms with E-state index in [1.807, 2.05) is 13.2 Å². The average Bonchev–Trinajstić information content (AvgIpc) is 2.29. The number of aliphatic hydroxyl groups is 1. The predicted molar refractivity (Wildman–Crippen MR) is 52.5 cm³/mol. The summed E-state index contributed by atoms with van der Waals surface area (Å²) in [5, 5.41) is 13.9. The Morgan fingerprint density at radius 2 is 2.00 bits per heavy atom. The van der Waals surface area contributed by atoms with Crippen LogP contribution in [0.25, 0.3) is 0 Å². The van der Waals surface area contributed by atoms with Crippen molar-refractivity contribution in [3.63, 3.8) is 0 Å². The Bertz CT molecular complexity index is 294. The van der Waals surface area contributed by atoms with Crippen molar-refractivity contribution in [1.82, 2.24) is 9.78 Å². The SMILES string of the molecule is C[C@H](O)c1cn(C)nc1C(C)(C)C. The lowest BCUT2D eigenvalue weighted by Crippen LogP contribution is -2.15. The molecule has 3 nitrogen and oxygen atoms in total. The number of aryl methyl sites for hydroxylation is 1. The predicted octanol–water partition coefficient (Wildman–Crippen LogP) is 1.77. The number of aromatic nitrogens is 2. The summed E-state index contributed by atoms with van der Waals surface area (Å²) in [6, 6.07) is 0. The van der Waals surface area contributed by atoms with Crippen LogP contribution in [0.3, 0.4) is 0 Å². The lowest BCUT2D eigenvalue weighted by Gasteiger charge is -2.18. The van der Waals surface area contributed by atoms with Crippen molar-refractivity contribution in [1.29, 1.82) is 0 Å². The standard InChI is InChI=1S/C10H18N2O/c1-7(13)8-6-12(5)11-9(8)10(2,3)4/h6-7,13H,1-5H3/t7-/m0/s1. The highest BCUT2D eigenvalue weighted by Crippen LogP contribution is 2.27. The van der Waals surface area contributed by atoms with Crippen molar-refractivity contribution in [2.45, 2.75) is 39.2 Å². The maximum Gasteiger partial charge on any atom is 0.0795 e. The first-order valence-corrected chi connectivity index (χ1v) is 4.54. The molecule has 0 fully saturated rings. The second-order valence-electron chi connectivity index (χ2n) is 4.53. The number of hydrogen-bond donors (Lipinski definition) is 1. The highest BCUT2D eigenvalue weighted by atomic mass is 16.3. The van der Waals surface area contributed by atoms with Crippen molar-refractivity contribution in [3.05, 3.63) is 17.5 Å². The van der Waals surface area contributed by atoms with Crippen LogP contribution in [0.15, 0.2) is 6.20 Å². The molecule has 0 saturated carbocycles. The van der Waals surface area contributed by atoms with Crippen LogP contribution in [-0.2, 0) is 12.5 Å². The van der Waals surface area contributed by atoms with Crippen LogP contribution < -0.4 is 0 Å². The van der Waals surface area contributed by atoms with E-state index in [9.17, 15) is 5.11 Å². The fraction of sp³-hybridized carbons (Fsp3) is 0.700. The normalized spacial score (nSPS) is 14.6. The Balaban J connectivity index is 3.20. The highest BCUT2D eigenvalue weighted by molar-refractivity contribution is 5.25. The first-order valence-electron chi connectivity index (χ1n) is 4.54. The van der Waals surface area contributed by atoms with Crippen LogP contribution in [0.4, 0.5) is 0 Å². The van der Waals surface area contributed by atoms with Crippen LogP contribution in [0.1, 0.15) is 45.1 Å². The van der Waals surface area contributed by atoms with Crippen molar-refractivity contribution in [3.8, 4) is 0 Å². The molecule has 0 spiro atoms. The van der Waals surface area contributed by atoms with E-state index in [4.69, 9.17) is 0 Å². The summed E-state index contributed by atoms with van der Waals surface area (Å²) < 4.78 is 1.75. The molecule has 0 amide bonds. The van der Waals surface area contributed by atoms with E-state index < -0.39 is 6.10 Å². The van der Waals surface area contributed by atoms with E-state index in [2.05, 4.69) is 25.9 Å². The maximum absolute atomic E-state index is 9.53. The molecule has 3 heteroatoms. The van der Waals surface area contributed by atoms with Crippen molar-refractivity contribution in [2.24, 2.45) is 7.05 Å². The van der Waals surface area contributed by atoms with E-state index in [1.54, 1.807) is 11.6 Å². The molecule has 1 rings (SSSR count). The van der Waals surface area contributed by atoms with Crippen molar-refractivity contribution >= 4 is 0 Å². The van der Waals surface area contributed by atoms with Crippen LogP contribution in [0, 0.1) is 0 Å². The van der Waals surface area contributed by atoms with Gasteiger partial charge < -0.3 is 5.11 Å². The fourth-order valence-electron chi connectivity index (χ4n) is 1.40. The molecule has 13 heavy (non-hydrogen) atoms. The molecular weight excluding hydrogens is 164 g/mol. The van der Waals surface area contributed by atoms with Crippen LogP contribution in [0.5, 0.6) is 0 Å². The molecule has 0 radical (unpaired) electrons. The lowest BCUT2D eigenvalue weighted by atomic mass is 9.88. The molecule has 0 bridgehead atoms. The zero-order chi connectivity index (χ0) is 10.2. The van der Waals surface area contributed by atoms with Gasteiger partial charge in [-0.05, 0) is 6.92 Å². The summed E-state index contributed by atoms with van der Waals surface area (Å²) in [6.45, 7) is 8.07. The minimum absolute atomic E-state index is 0.00637. The molecule has 74 valence electrons. The summed E-state index contributed by atoms with van der Waals surface area (Å²) in [5.74, 6) is 0. The van der Waals surface area contributed by atoms with Gasteiger partial charge in [0.25, 0.3) is 0 Å². The third kappa shape index (κ3) is 2.10. The third-order valence-corrected chi connectivity index (χ3v) is 2.02. The Kier molecular flexibility index (Phi) is 2.48. The Hall–Kier alpha value is -0.830. The van der Waals surface area contributed by atoms with Gasteiger partial charge in [-0.1, -0.05) is 20.8 Å². The van der Waals surface area contributed by atoms with Crippen LogP contribution in [0.2, 0.25) is 0 Å². The molecule has 0 aliphatic heterocycles. The van der Waals surface area contributed by atoms with Gasteiger partial charge in [-0.25, -0.2) is 0 Å². The van der Waals surface area contributed by atoms with Gasteiger partial charge in [-0.3, -0.25) is 4.68 Å². The minimum atomic E-state index is -0.442. The van der Waals surface area contributed by atoms with Gasteiger partial charge in [-0.2, -0.15) is 5.10 Å². The first-order chi connectivity index (χ1) is 5.82. The summed E-state index contributed by atoms with van der Waals surface area (Å²) in [5.41, 5.74) is 1.90. The fourth-order valence-corrected chi connectivity index (χ4v) is 1.40. The van der Waals surface area contributed by atoms with Crippen LogP contribution in [-0.4, -0.2) is 14.9 Å². The van der Waals surface area contributed by atoms with E-state index >= 15 is 0 Å². The summed E-state index contributed by atoms with van der Waals surface area (Å²) in [7, 11) is 1.88. The number of aliphatic hydroxyl groups excluding tert-OH is 1. The number of hydrogen-bond acceptors (Lipinski definition) is 2. The van der Waals surface area contributed by atoms with E-state index in [1.165, 1.54) is 0 Å². The molecule has 0 unspecified atom stereocenters. The Morgan fingerprint density at radius 1 is 1.46 bits per heavy atom. The molecule has 1 aromatic rings. The van der Waals surface area contributed by atoms with Gasteiger partial charge in [0, 0.05) is 24.2 Å². The second kappa shape index (κ2) is 3.14. The molecule has 1 atom stereocenters. The summed E-state index contributed by atoms with van der Waals surface area (Å²) in [4.78, 5) is 0. The lowest BCUT2D eigenvalue weighted by molar-refractivity contribution is 0.196. The largest absolute Gasteiger partial charge is 0.389 e. The topological polar surface area (TPSA) is 38.0 Å². The highest BCUT2D eigenvalue weighted by Gasteiger charge is 2.23. The molecule has 0 saturated heterocycles. The number of nitrogens with zero attached hydrogens (tertiary/aromatic N) is 2. The molecular formula is C10H18N2O. The quantitative estimate of drug-likeness (QED) is 0.718. The van der Waals surface area contributed by atoms with Gasteiger partial charge in [0.05, 0.1) is 11.8 Å². The van der Waals surface area contributed by atoms with E-state index in [0.717, 1.165) is 11.3 Å². The first kappa shape index (κ1) is 10.3.